The Kier molecular flexibility index (Phi) is 2.51. The highest BCUT2D eigenvalue weighted by atomic mass is 16.2. The van der Waals surface area contributed by atoms with E-state index < -0.39 is 0 Å². The van der Waals surface area contributed by atoms with Gasteiger partial charge in [0.1, 0.15) is 0 Å². The van der Waals surface area contributed by atoms with E-state index >= 15 is 0 Å². The van der Waals surface area contributed by atoms with Gasteiger partial charge in [0.2, 0.25) is 5.91 Å². The second kappa shape index (κ2) is 3.71. The fourth-order valence-electron chi connectivity index (χ4n) is 4.34. The summed E-state index contributed by atoms with van der Waals surface area (Å²) in [7, 11) is 0. The van der Waals surface area contributed by atoms with Crippen LogP contribution in [-0.2, 0) is 4.79 Å². The molecule has 3 fully saturated rings. The van der Waals surface area contributed by atoms with Gasteiger partial charge in [-0.25, -0.2) is 0 Å². The number of hydrogen-bond donors (Lipinski definition) is 2. The Bertz CT molecular complexity index is 321. The third kappa shape index (κ3) is 1.62. The highest BCUT2D eigenvalue weighted by Crippen LogP contribution is 2.69. The number of rotatable bonds is 4. The molecule has 0 saturated heterocycles. The predicted octanol–water partition coefficient (Wildman–Crippen LogP) is 1.52. The SMILES string of the molecule is CCC(C)(CN)NC(=O)C1C2C3CCC(C3)C12. The molecule has 0 heterocycles. The zero-order valence-electron chi connectivity index (χ0n) is 10.9. The lowest BCUT2D eigenvalue weighted by atomic mass is 9.97. The number of carbonyl (C=O) groups excluding carboxylic acids is 1. The molecule has 0 radical (unpaired) electrons. The summed E-state index contributed by atoms with van der Waals surface area (Å²) in [6.45, 7) is 4.67. The van der Waals surface area contributed by atoms with Gasteiger partial charge in [0.05, 0.1) is 0 Å². The highest BCUT2D eigenvalue weighted by molar-refractivity contribution is 5.83. The molecule has 17 heavy (non-hydrogen) atoms. The fourth-order valence-corrected chi connectivity index (χ4v) is 4.34. The Morgan fingerprint density at radius 2 is 1.94 bits per heavy atom. The molecule has 96 valence electrons. The molecule has 5 unspecified atom stereocenters. The van der Waals surface area contributed by atoms with Crippen molar-refractivity contribution in [3.8, 4) is 0 Å². The Labute approximate surface area is 104 Å². The first-order chi connectivity index (χ1) is 8.09. The van der Waals surface area contributed by atoms with Crippen LogP contribution in [0.4, 0.5) is 0 Å². The van der Waals surface area contributed by atoms with Gasteiger partial charge < -0.3 is 11.1 Å². The first kappa shape index (κ1) is 11.5. The van der Waals surface area contributed by atoms with Crippen LogP contribution in [-0.4, -0.2) is 18.0 Å². The molecule has 1 amide bonds. The summed E-state index contributed by atoms with van der Waals surface area (Å²) >= 11 is 0. The van der Waals surface area contributed by atoms with E-state index in [1.807, 2.05) is 0 Å². The van der Waals surface area contributed by atoms with Crippen molar-refractivity contribution in [3.05, 3.63) is 0 Å². The van der Waals surface area contributed by atoms with Crippen LogP contribution in [0, 0.1) is 29.6 Å². The van der Waals surface area contributed by atoms with E-state index in [0.29, 0.717) is 12.5 Å². The van der Waals surface area contributed by atoms with Crippen molar-refractivity contribution in [1.82, 2.24) is 5.32 Å². The molecule has 0 aromatic carbocycles. The molecular formula is C14H24N2O. The lowest BCUT2D eigenvalue weighted by Gasteiger charge is -2.28. The zero-order chi connectivity index (χ0) is 12.2. The van der Waals surface area contributed by atoms with Gasteiger partial charge in [-0.3, -0.25) is 4.79 Å². The summed E-state index contributed by atoms with van der Waals surface area (Å²) in [6, 6.07) is 0. The minimum absolute atomic E-state index is 0.201. The summed E-state index contributed by atoms with van der Waals surface area (Å²) in [5.74, 6) is 3.81. The van der Waals surface area contributed by atoms with Crippen LogP contribution in [0.25, 0.3) is 0 Å². The van der Waals surface area contributed by atoms with Crippen LogP contribution >= 0.6 is 0 Å². The van der Waals surface area contributed by atoms with E-state index in [0.717, 1.165) is 30.1 Å². The number of nitrogens with one attached hydrogen (secondary N) is 1. The number of fused-ring (bicyclic) bond motifs is 5. The molecule has 0 aliphatic heterocycles. The lowest BCUT2D eigenvalue weighted by Crippen LogP contribution is -2.51. The van der Waals surface area contributed by atoms with Crippen LogP contribution < -0.4 is 11.1 Å². The molecule has 3 heteroatoms. The van der Waals surface area contributed by atoms with Crippen molar-refractivity contribution < 1.29 is 4.79 Å². The second-order valence-electron chi connectivity index (χ2n) is 6.62. The van der Waals surface area contributed by atoms with Crippen LogP contribution in [0.2, 0.25) is 0 Å². The number of carbonyl (C=O) groups is 1. The topological polar surface area (TPSA) is 55.1 Å². The average Bonchev–Trinajstić information content (AvgIpc) is 2.79. The van der Waals surface area contributed by atoms with E-state index in [4.69, 9.17) is 5.73 Å². The van der Waals surface area contributed by atoms with Gasteiger partial charge in [0.15, 0.2) is 0 Å². The first-order valence-corrected chi connectivity index (χ1v) is 7.11. The third-order valence-corrected chi connectivity index (χ3v) is 5.69. The summed E-state index contributed by atoms with van der Waals surface area (Å²) in [5, 5.41) is 3.19. The summed E-state index contributed by atoms with van der Waals surface area (Å²) < 4.78 is 0. The molecule has 0 aromatic heterocycles. The van der Waals surface area contributed by atoms with Gasteiger partial charge in [-0.2, -0.15) is 0 Å². The van der Waals surface area contributed by atoms with Crippen molar-refractivity contribution in [1.29, 1.82) is 0 Å². The minimum atomic E-state index is -0.201. The van der Waals surface area contributed by atoms with Gasteiger partial charge in [-0.15, -0.1) is 0 Å². The first-order valence-electron chi connectivity index (χ1n) is 7.11. The largest absolute Gasteiger partial charge is 0.349 e. The standard InChI is InChI=1S/C14H24N2O/c1-3-14(2,7-15)16-13(17)12-10-8-4-5-9(6-8)11(10)12/h8-12H,3-7,15H2,1-2H3,(H,16,17). The smallest absolute Gasteiger partial charge is 0.224 e. The third-order valence-electron chi connectivity index (χ3n) is 5.69. The molecule has 3 aliphatic rings. The number of nitrogens with two attached hydrogens (primary N) is 1. The Morgan fingerprint density at radius 3 is 2.41 bits per heavy atom. The van der Waals surface area contributed by atoms with Gasteiger partial charge in [0.25, 0.3) is 0 Å². The van der Waals surface area contributed by atoms with Crippen LogP contribution in [0.1, 0.15) is 39.5 Å². The van der Waals surface area contributed by atoms with E-state index in [1.165, 1.54) is 19.3 Å². The van der Waals surface area contributed by atoms with E-state index in [9.17, 15) is 4.79 Å². The van der Waals surface area contributed by atoms with Crippen LogP contribution in [0.3, 0.4) is 0 Å². The van der Waals surface area contributed by atoms with E-state index in [2.05, 4.69) is 19.2 Å². The number of amides is 1. The average molecular weight is 236 g/mol. The molecule has 3 N–H and O–H groups in total. The quantitative estimate of drug-likeness (QED) is 0.777. The highest BCUT2D eigenvalue weighted by Gasteiger charge is 2.67. The molecule has 3 rings (SSSR count). The maximum atomic E-state index is 12.3. The zero-order valence-corrected chi connectivity index (χ0v) is 10.9. The summed E-state index contributed by atoms with van der Waals surface area (Å²) in [5.41, 5.74) is 5.55. The molecule has 3 aliphatic carbocycles. The minimum Gasteiger partial charge on any atom is -0.349 e. The summed E-state index contributed by atoms with van der Waals surface area (Å²) in [6.07, 6.45) is 5.06. The van der Waals surface area contributed by atoms with Gasteiger partial charge in [-0.05, 0) is 56.3 Å². The maximum Gasteiger partial charge on any atom is 0.224 e. The molecule has 5 atom stereocenters. The molecule has 2 bridgehead atoms. The molecular weight excluding hydrogens is 212 g/mol. The van der Waals surface area contributed by atoms with Crippen LogP contribution in [0.15, 0.2) is 0 Å². The monoisotopic (exact) mass is 236 g/mol. The molecule has 0 aromatic rings. The Hall–Kier alpha value is -0.570. The molecule has 0 spiro atoms. The maximum absolute atomic E-state index is 12.3. The normalized spacial score (nSPS) is 45.2. The van der Waals surface area contributed by atoms with Crippen molar-refractivity contribution in [3.63, 3.8) is 0 Å². The predicted molar refractivity (Wildman–Crippen MR) is 67.2 cm³/mol. The van der Waals surface area contributed by atoms with Gasteiger partial charge in [-0.1, -0.05) is 6.92 Å². The Morgan fingerprint density at radius 1 is 1.35 bits per heavy atom. The van der Waals surface area contributed by atoms with Crippen molar-refractivity contribution in [2.45, 2.75) is 45.1 Å². The Balaban J connectivity index is 1.62. The fraction of sp³-hybridized carbons (Fsp3) is 0.929. The lowest BCUT2D eigenvalue weighted by molar-refractivity contribution is -0.125. The summed E-state index contributed by atoms with van der Waals surface area (Å²) in [4.78, 5) is 12.3. The van der Waals surface area contributed by atoms with Gasteiger partial charge in [0, 0.05) is 18.0 Å². The van der Waals surface area contributed by atoms with Crippen LogP contribution in [0.5, 0.6) is 0 Å². The molecule has 3 saturated carbocycles. The van der Waals surface area contributed by atoms with E-state index in [1.54, 1.807) is 0 Å². The number of hydrogen-bond acceptors (Lipinski definition) is 2. The second-order valence-corrected chi connectivity index (χ2v) is 6.62. The van der Waals surface area contributed by atoms with Crippen molar-refractivity contribution in [2.75, 3.05) is 6.54 Å². The molecule has 3 nitrogen and oxygen atoms in total. The van der Waals surface area contributed by atoms with Crippen molar-refractivity contribution >= 4 is 5.91 Å². The van der Waals surface area contributed by atoms with Crippen molar-refractivity contribution in [2.24, 2.45) is 35.3 Å². The van der Waals surface area contributed by atoms with E-state index in [-0.39, 0.29) is 11.4 Å². The van der Waals surface area contributed by atoms with Gasteiger partial charge >= 0.3 is 0 Å².